The van der Waals surface area contributed by atoms with Gasteiger partial charge < -0.3 is 4.90 Å². The Balaban J connectivity index is 2.83. The number of carbonyl (C=O) groups is 1. The number of hydrogen-bond donors (Lipinski definition) is 0. The Morgan fingerprint density at radius 3 is 1.84 bits per heavy atom. The molecule has 19 heavy (non-hydrogen) atoms. The number of likely N-dealkylation sites (tertiary alicyclic amines) is 1. The number of piperidine rings is 1. The van der Waals surface area contributed by atoms with Gasteiger partial charge >= 0.3 is 12.4 Å². The van der Waals surface area contributed by atoms with Crippen LogP contribution in [0.3, 0.4) is 0 Å². The van der Waals surface area contributed by atoms with Crippen LogP contribution in [0.2, 0.25) is 0 Å². The minimum absolute atomic E-state index is 0.0880. The molecule has 1 heterocycles. The molecular weight excluding hydrogens is 278 g/mol. The molecule has 1 saturated heterocycles. The maximum atomic E-state index is 12.3. The van der Waals surface area contributed by atoms with E-state index in [4.69, 9.17) is 5.26 Å². The third-order valence-corrected chi connectivity index (χ3v) is 2.89. The van der Waals surface area contributed by atoms with E-state index in [0.717, 1.165) is 0 Å². The molecule has 9 heteroatoms. The van der Waals surface area contributed by atoms with Crippen molar-refractivity contribution in [2.24, 2.45) is 11.8 Å². The van der Waals surface area contributed by atoms with E-state index in [1.165, 1.54) is 0 Å². The van der Waals surface area contributed by atoms with Crippen molar-refractivity contribution in [1.82, 2.24) is 4.90 Å². The van der Waals surface area contributed by atoms with Crippen LogP contribution < -0.4 is 0 Å². The molecule has 0 atom stereocenters. The van der Waals surface area contributed by atoms with Gasteiger partial charge in [-0.25, -0.2) is 0 Å². The van der Waals surface area contributed by atoms with Gasteiger partial charge in [-0.1, -0.05) is 0 Å². The van der Waals surface area contributed by atoms with Gasteiger partial charge in [0.05, 0.1) is 6.07 Å². The fourth-order valence-electron chi connectivity index (χ4n) is 1.88. The zero-order valence-electron chi connectivity index (χ0n) is 9.55. The van der Waals surface area contributed by atoms with Gasteiger partial charge in [0.1, 0.15) is 0 Å². The monoisotopic (exact) mass is 288 g/mol. The molecule has 0 aromatic heterocycles. The Morgan fingerprint density at radius 2 is 1.53 bits per heavy atom. The van der Waals surface area contributed by atoms with E-state index >= 15 is 0 Å². The van der Waals surface area contributed by atoms with Crippen molar-refractivity contribution in [3.63, 3.8) is 0 Å². The van der Waals surface area contributed by atoms with Crippen LogP contribution in [0.4, 0.5) is 26.3 Å². The van der Waals surface area contributed by atoms with Crippen molar-refractivity contribution >= 4 is 5.91 Å². The molecule has 0 saturated carbocycles. The number of carbonyl (C=O) groups excluding carboxylic acids is 1. The Bertz CT molecular complexity index is 361. The van der Waals surface area contributed by atoms with Crippen molar-refractivity contribution in [1.29, 1.82) is 5.26 Å². The summed E-state index contributed by atoms with van der Waals surface area (Å²) in [5.41, 5.74) is 0. The van der Waals surface area contributed by atoms with E-state index in [9.17, 15) is 31.1 Å². The SMILES string of the molecule is N#CC1CCN(C(=O)C(C(F)(F)F)C(F)(F)F)CC1. The molecule has 0 aliphatic carbocycles. The molecule has 1 aliphatic rings. The van der Waals surface area contributed by atoms with Crippen LogP contribution in [0.15, 0.2) is 0 Å². The lowest BCUT2D eigenvalue weighted by molar-refractivity contribution is -0.277. The summed E-state index contributed by atoms with van der Waals surface area (Å²) >= 11 is 0. The highest BCUT2D eigenvalue weighted by Gasteiger charge is 2.62. The molecule has 0 aromatic rings. The van der Waals surface area contributed by atoms with E-state index in [-0.39, 0.29) is 25.9 Å². The molecule has 1 aliphatic heterocycles. The Hall–Kier alpha value is -1.46. The standard InChI is InChI=1S/C10H10F6N2O/c11-9(12,13)7(10(14,15)16)8(19)18-3-1-6(5-17)2-4-18/h6-7H,1-4H2. The first-order chi connectivity index (χ1) is 8.57. The molecule has 0 radical (unpaired) electrons. The van der Waals surface area contributed by atoms with Crippen LogP contribution in [0.25, 0.3) is 0 Å². The van der Waals surface area contributed by atoms with E-state index < -0.39 is 30.1 Å². The minimum Gasteiger partial charge on any atom is -0.342 e. The van der Waals surface area contributed by atoms with Gasteiger partial charge in [-0.05, 0) is 12.8 Å². The zero-order chi connectivity index (χ0) is 14.8. The molecule has 0 unspecified atom stereocenters. The van der Waals surface area contributed by atoms with E-state index in [1.807, 2.05) is 6.07 Å². The average Bonchev–Trinajstić information content (AvgIpc) is 2.25. The highest BCUT2D eigenvalue weighted by molar-refractivity contribution is 5.80. The summed E-state index contributed by atoms with van der Waals surface area (Å²) in [6, 6.07) is 1.87. The van der Waals surface area contributed by atoms with Crippen molar-refractivity contribution in [2.75, 3.05) is 13.1 Å². The number of nitriles is 1. The predicted molar refractivity (Wildman–Crippen MR) is 50.5 cm³/mol. The van der Waals surface area contributed by atoms with Crippen LogP contribution in [0.5, 0.6) is 0 Å². The lowest BCUT2D eigenvalue weighted by Crippen LogP contribution is -2.51. The second-order valence-corrected chi connectivity index (χ2v) is 4.24. The zero-order valence-corrected chi connectivity index (χ0v) is 9.55. The number of amides is 1. The summed E-state index contributed by atoms with van der Waals surface area (Å²) in [6.45, 7) is -0.528. The molecule has 0 N–H and O–H groups in total. The number of hydrogen-bond acceptors (Lipinski definition) is 2. The maximum absolute atomic E-state index is 12.3. The van der Waals surface area contributed by atoms with Crippen molar-refractivity contribution in [3.05, 3.63) is 0 Å². The average molecular weight is 288 g/mol. The lowest BCUT2D eigenvalue weighted by Gasteiger charge is -2.33. The Kier molecular flexibility index (Phi) is 4.32. The van der Waals surface area contributed by atoms with E-state index in [0.29, 0.717) is 4.90 Å². The van der Waals surface area contributed by atoms with Gasteiger partial charge in [0.25, 0.3) is 0 Å². The Labute approximate surface area is 104 Å². The highest BCUT2D eigenvalue weighted by atomic mass is 19.4. The van der Waals surface area contributed by atoms with Crippen molar-refractivity contribution in [3.8, 4) is 6.07 Å². The maximum Gasteiger partial charge on any atom is 0.409 e. The van der Waals surface area contributed by atoms with Crippen molar-refractivity contribution in [2.45, 2.75) is 25.2 Å². The van der Waals surface area contributed by atoms with Gasteiger partial charge in [0, 0.05) is 19.0 Å². The first kappa shape index (κ1) is 15.6. The molecule has 3 nitrogen and oxygen atoms in total. The third-order valence-electron chi connectivity index (χ3n) is 2.89. The molecule has 1 amide bonds. The van der Waals surface area contributed by atoms with Crippen LogP contribution in [-0.4, -0.2) is 36.2 Å². The molecule has 0 aromatic carbocycles. The molecule has 1 fully saturated rings. The van der Waals surface area contributed by atoms with Gasteiger partial charge in [-0.15, -0.1) is 0 Å². The highest BCUT2D eigenvalue weighted by Crippen LogP contribution is 2.40. The summed E-state index contributed by atoms with van der Waals surface area (Å²) in [5.74, 6) is -6.41. The second kappa shape index (κ2) is 5.27. The van der Waals surface area contributed by atoms with Gasteiger partial charge in [0.2, 0.25) is 11.8 Å². The minimum atomic E-state index is -5.67. The van der Waals surface area contributed by atoms with Crippen LogP contribution >= 0.6 is 0 Å². The molecular formula is C10H10F6N2O. The van der Waals surface area contributed by atoms with E-state index in [1.54, 1.807) is 0 Å². The molecule has 0 bridgehead atoms. The van der Waals surface area contributed by atoms with Gasteiger partial charge in [-0.2, -0.15) is 31.6 Å². The number of halogens is 6. The topological polar surface area (TPSA) is 44.1 Å². The fourth-order valence-corrected chi connectivity index (χ4v) is 1.88. The quantitative estimate of drug-likeness (QED) is 0.696. The summed E-state index contributed by atoms with van der Waals surface area (Å²) in [6.07, 6.45) is -11.2. The van der Waals surface area contributed by atoms with E-state index in [2.05, 4.69) is 0 Å². The predicted octanol–water partition coefficient (Wildman–Crippen LogP) is 2.49. The molecule has 108 valence electrons. The third kappa shape index (κ3) is 3.75. The lowest BCUT2D eigenvalue weighted by atomic mass is 9.97. The van der Waals surface area contributed by atoms with Crippen LogP contribution in [0.1, 0.15) is 12.8 Å². The molecule has 0 spiro atoms. The molecule has 1 rings (SSSR count). The second-order valence-electron chi connectivity index (χ2n) is 4.24. The normalized spacial score (nSPS) is 18.5. The van der Waals surface area contributed by atoms with Crippen molar-refractivity contribution < 1.29 is 31.1 Å². The number of alkyl halides is 6. The summed E-state index contributed by atoms with van der Waals surface area (Å²) in [4.78, 5) is 11.9. The van der Waals surface area contributed by atoms with Crippen LogP contribution in [-0.2, 0) is 4.79 Å². The summed E-state index contributed by atoms with van der Waals surface area (Å²) in [7, 11) is 0. The van der Waals surface area contributed by atoms with Gasteiger partial charge in [0.15, 0.2) is 0 Å². The van der Waals surface area contributed by atoms with Crippen LogP contribution in [0, 0.1) is 23.2 Å². The first-order valence-corrected chi connectivity index (χ1v) is 5.39. The first-order valence-electron chi connectivity index (χ1n) is 5.39. The number of rotatable bonds is 1. The largest absolute Gasteiger partial charge is 0.409 e. The Morgan fingerprint density at radius 1 is 1.11 bits per heavy atom. The summed E-state index contributed by atoms with van der Waals surface area (Å²) < 4.78 is 74.1. The van der Waals surface area contributed by atoms with Gasteiger partial charge in [-0.3, -0.25) is 4.79 Å². The number of nitrogens with zero attached hydrogens (tertiary/aromatic N) is 2. The summed E-state index contributed by atoms with van der Waals surface area (Å²) in [5, 5.41) is 8.57. The fraction of sp³-hybridized carbons (Fsp3) is 0.800. The smallest absolute Gasteiger partial charge is 0.342 e.